The van der Waals surface area contributed by atoms with Crippen molar-refractivity contribution in [2.75, 3.05) is 0 Å². The van der Waals surface area contributed by atoms with E-state index in [-0.39, 0.29) is 0 Å². The molecule has 0 atom stereocenters. The van der Waals surface area contributed by atoms with Crippen molar-refractivity contribution in [2.45, 2.75) is 0 Å². The first-order valence-electron chi connectivity index (χ1n) is 7.05. The maximum atomic E-state index is 13.3. The van der Waals surface area contributed by atoms with E-state index < -0.39 is 25.9 Å². The van der Waals surface area contributed by atoms with Crippen molar-refractivity contribution >= 4 is 5.24 Å². The third-order valence-corrected chi connectivity index (χ3v) is 9.45. The first-order chi connectivity index (χ1) is 11.2. The molecule has 0 aliphatic heterocycles. The van der Waals surface area contributed by atoms with Crippen molar-refractivity contribution in [3.63, 3.8) is 0 Å². The Bertz CT molecular complexity index is 671. The van der Waals surface area contributed by atoms with Crippen LogP contribution in [0.15, 0.2) is 91.0 Å². The molecule has 3 aromatic carbocycles. The van der Waals surface area contributed by atoms with Gasteiger partial charge >= 0.3 is 146 Å². The van der Waals surface area contributed by atoms with Crippen LogP contribution in [0.3, 0.4) is 0 Å². The van der Waals surface area contributed by atoms with Crippen LogP contribution in [-0.4, -0.2) is 0 Å². The van der Waals surface area contributed by atoms with Gasteiger partial charge in [-0.3, -0.25) is 0 Å². The van der Waals surface area contributed by atoms with Gasteiger partial charge in [-0.15, -0.1) is 0 Å². The van der Waals surface area contributed by atoms with Crippen LogP contribution < -0.4 is 29.7 Å². The zero-order chi connectivity index (χ0) is 16.0. The molecule has 0 aromatic heterocycles. The molecule has 3 rings (SSSR count). The molecule has 5 heteroatoms. The summed E-state index contributed by atoms with van der Waals surface area (Å²) in [6, 6.07) is 28.1. The third kappa shape index (κ3) is 4.85. The van der Waals surface area contributed by atoms with Crippen molar-refractivity contribution in [1.82, 2.24) is 0 Å². The summed E-state index contributed by atoms with van der Waals surface area (Å²) < 4.78 is 25.9. The number of hydrogen-bond acceptors (Lipinski definition) is 3. The summed E-state index contributed by atoms with van der Waals surface area (Å²) in [5.74, 6) is 1.12. The second-order valence-electron chi connectivity index (χ2n) is 4.62. The van der Waals surface area contributed by atoms with Gasteiger partial charge in [-0.05, 0) is 0 Å². The standard InChI is InChI=1S/C18H15IO3P/c20-23(19-16-10-4-1-5-11-16,21-17-12-6-2-7-13-17)22-18-14-8-3-9-15-18/h1-15H/q-1. The average Bonchev–Trinajstić information content (AvgIpc) is 2.57. The van der Waals surface area contributed by atoms with Gasteiger partial charge in [-0.25, -0.2) is 0 Å². The zero-order valence-corrected chi connectivity index (χ0v) is 15.3. The Balaban J connectivity index is 1.87. The summed E-state index contributed by atoms with van der Waals surface area (Å²) in [5.41, 5.74) is 0. The van der Waals surface area contributed by atoms with E-state index in [1.54, 1.807) is 24.3 Å². The molecule has 0 radical (unpaired) electrons. The third-order valence-electron chi connectivity index (χ3n) is 2.85. The van der Waals surface area contributed by atoms with Gasteiger partial charge in [0.25, 0.3) is 0 Å². The van der Waals surface area contributed by atoms with Crippen LogP contribution in [0.5, 0.6) is 11.5 Å². The fourth-order valence-electron chi connectivity index (χ4n) is 1.86. The van der Waals surface area contributed by atoms with E-state index in [2.05, 4.69) is 0 Å². The molecule has 0 saturated heterocycles. The van der Waals surface area contributed by atoms with Gasteiger partial charge in [0.05, 0.1) is 0 Å². The molecule has 0 N–H and O–H groups in total. The van der Waals surface area contributed by atoms with E-state index in [4.69, 9.17) is 9.05 Å². The monoisotopic (exact) mass is 437 g/mol. The molecule has 23 heavy (non-hydrogen) atoms. The SMILES string of the molecule is O=P(Oc1ccccc1)(Oc1ccccc1)[I-]c1ccccc1. The first-order valence-corrected chi connectivity index (χ1v) is 12.5. The van der Waals surface area contributed by atoms with E-state index in [0.29, 0.717) is 11.5 Å². The quantitative estimate of drug-likeness (QED) is 0.439. The first kappa shape index (κ1) is 16.1. The predicted molar refractivity (Wildman–Crippen MR) is 86.9 cm³/mol. The van der Waals surface area contributed by atoms with Crippen molar-refractivity contribution in [2.24, 2.45) is 0 Å². The summed E-state index contributed by atoms with van der Waals surface area (Å²) in [7, 11) is 0. The van der Waals surface area contributed by atoms with E-state index in [1.165, 1.54) is 0 Å². The normalized spacial score (nSPS) is 11.1. The van der Waals surface area contributed by atoms with E-state index in [0.717, 1.165) is 3.57 Å². The molecule has 0 bridgehead atoms. The van der Waals surface area contributed by atoms with Gasteiger partial charge in [0.2, 0.25) is 0 Å². The number of benzene rings is 3. The van der Waals surface area contributed by atoms with Crippen LogP contribution in [-0.2, 0) is 4.57 Å². The molecule has 0 aliphatic rings. The molecule has 0 spiro atoms. The molecular formula is C18H15IO3P-. The maximum absolute atomic E-state index is 13.3. The number of para-hydroxylation sites is 2. The van der Waals surface area contributed by atoms with Crippen LogP contribution in [0.2, 0.25) is 0 Å². The summed E-state index contributed by atoms with van der Waals surface area (Å²) in [6.45, 7) is 0. The zero-order valence-electron chi connectivity index (χ0n) is 12.2. The molecule has 0 unspecified atom stereocenters. The van der Waals surface area contributed by atoms with Crippen LogP contribution in [0.4, 0.5) is 0 Å². The fourth-order valence-corrected chi connectivity index (χ4v) is 8.45. The van der Waals surface area contributed by atoms with Crippen molar-refractivity contribution in [3.8, 4) is 11.5 Å². The molecule has 0 aliphatic carbocycles. The molecular weight excluding hydrogens is 422 g/mol. The van der Waals surface area contributed by atoms with Crippen molar-refractivity contribution in [3.05, 3.63) is 94.6 Å². The van der Waals surface area contributed by atoms with E-state index in [9.17, 15) is 4.57 Å². The van der Waals surface area contributed by atoms with E-state index in [1.807, 2.05) is 66.7 Å². The van der Waals surface area contributed by atoms with Gasteiger partial charge < -0.3 is 0 Å². The number of hydrogen-bond donors (Lipinski definition) is 0. The summed E-state index contributed by atoms with van der Waals surface area (Å²) in [5, 5.41) is -3.28. The Hall–Kier alpha value is -1.78. The minimum atomic E-state index is -3.28. The summed E-state index contributed by atoms with van der Waals surface area (Å²) in [4.78, 5) is 0. The van der Waals surface area contributed by atoms with Crippen LogP contribution in [0.25, 0.3) is 0 Å². The predicted octanol–water partition coefficient (Wildman–Crippen LogP) is 2.21. The van der Waals surface area contributed by atoms with Crippen molar-refractivity contribution < 1.29 is 34.3 Å². The summed E-state index contributed by atoms with van der Waals surface area (Å²) in [6.07, 6.45) is 0. The summed E-state index contributed by atoms with van der Waals surface area (Å²) >= 11 is -0.963. The second kappa shape index (κ2) is 7.66. The minimum absolute atomic E-state index is 0.558. The van der Waals surface area contributed by atoms with Gasteiger partial charge in [0.15, 0.2) is 0 Å². The van der Waals surface area contributed by atoms with Crippen LogP contribution in [0.1, 0.15) is 0 Å². The van der Waals surface area contributed by atoms with Gasteiger partial charge in [0.1, 0.15) is 0 Å². The number of rotatable bonds is 6. The van der Waals surface area contributed by atoms with Crippen LogP contribution in [0, 0.1) is 3.57 Å². The Morgan fingerprint density at radius 3 is 1.43 bits per heavy atom. The molecule has 0 heterocycles. The molecule has 118 valence electrons. The molecule has 0 saturated carbocycles. The van der Waals surface area contributed by atoms with Gasteiger partial charge in [0, 0.05) is 0 Å². The van der Waals surface area contributed by atoms with Gasteiger partial charge in [-0.1, -0.05) is 0 Å². The van der Waals surface area contributed by atoms with Crippen LogP contribution >= 0.6 is 5.24 Å². The Morgan fingerprint density at radius 2 is 1.00 bits per heavy atom. The van der Waals surface area contributed by atoms with Gasteiger partial charge in [-0.2, -0.15) is 0 Å². The number of halogens is 1. The Kier molecular flexibility index (Phi) is 5.36. The van der Waals surface area contributed by atoms with E-state index >= 15 is 0 Å². The average molecular weight is 437 g/mol. The molecule has 0 amide bonds. The Labute approximate surface area is 145 Å². The second-order valence-corrected chi connectivity index (χ2v) is 12.3. The molecule has 0 fully saturated rings. The fraction of sp³-hybridized carbons (Fsp3) is 0. The topological polar surface area (TPSA) is 35.5 Å². The molecule has 3 aromatic rings. The molecule has 3 nitrogen and oxygen atoms in total. The van der Waals surface area contributed by atoms with Crippen molar-refractivity contribution in [1.29, 1.82) is 0 Å². The Morgan fingerprint density at radius 1 is 0.609 bits per heavy atom.